The predicted molar refractivity (Wildman–Crippen MR) is 186 cm³/mol. The highest BCUT2D eigenvalue weighted by molar-refractivity contribution is 7.92. The van der Waals surface area contributed by atoms with E-state index in [2.05, 4.69) is 13.8 Å². The third kappa shape index (κ3) is 9.61. The number of rotatable bonds is 15. The number of anilines is 1. The zero-order chi connectivity index (χ0) is 34.3. The van der Waals surface area contributed by atoms with E-state index in [-0.39, 0.29) is 53.0 Å². The van der Waals surface area contributed by atoms with E-state index in [1.54, 1.807) is 0 Å². The van der Waals surface area contributed by atoms with Crippen molar-refractivity contribution in [1.82, 2.24) is 4.90 Å². The molecule has 0 spiro atoms. The SMILES string of the molecule is CC(C)CN1CCC[C@@H]([C@@H](O)[C@@H](CC(=O)c2cc(C(=O)C[C@H](C)c3ccccc3)cc(N(C)S(C)(=O)=O)c2)Cc2ccccc2)C1=O. The van der Waals surface area contributed by atoms with Gasteiger partial charge in [0.25, 0.3) is 0 Å². The van der Waals surface area contributed by atoms with E-state index in [0.29, 0.717) is 31.8 Å². The van der Waals surface area contributed by atoms with Gasteiger partial charge >= 0.3 is 0 Å². The summed E-state index contributed by atoms with van der Waals surface area (Å²) in [5.74, 6) is -1.62. The fourth-order valence-electron chi connectivity index (χ4n) is 6.43. The second-order valence-corrected chi connectivity index (χ2v) is 15.4. The fourth-order valence-corrected chi connectivity index (χ4v) is 6.91. The maximum Gasteiger partial charge on any atom is 0.231 e. The summed E-state index contributed by atoms with van der Waals surface area (Å²) in [4.78, 5) is 43.0. The highest BCUT2D eigenvalue weighted by Crippen LogP contribution is 2.32. The molecule has 1 amide bonds. The zero-order valence-electron chi connectivity index (χ0n) is 28.1. The van der Waals surface area contributed by atoms with Gasteiger partial charge in [-0.05, 0) is 66.3 Å². The van der Waals surface area contributed by atoms with Crippen molar-refractivity contribution < 1.29 is 27.9 Å². The molecule has 3 aromatic rings. The summed E-state index contributed by atoms with van der Waals surface area (Å²) >= 11 is 0. The minimum atomic E-state index is -3.69. The quantitative estimate of drug-likeness (QED) is 0.196. The van der Waals surface area contributed by atoms with Crippen LogP contribution in [0.15, 0.2) is 78.9 Å². The molecule has 1 N–H and O–H groups in total. The predicted octanol–water partition coefficient (Wildman–Crippen LogP) is 6.15. The summed E-state index contributed by atoms with van der Waals surface area (Å²) < 4.78 is 26.1. The van der Waals surface area contributed by atoms with Gasteiger partial charge in [0.2, 0.25) is 15.9 Å². The Kier molecular flexibility index (Phi) is 12.1. The van der Waals surface area contributed by atoms with Gasteiger partial charge in [0.15, 0.2) is 11.6 Å². The summed E-state index contributed by atoms with van der Waals surface area (Å²) in [6.45, 7) is 7.34. The summed E-state index contributed by atoms with van der Waals surface area (Å²) in [6, 6.07) is 23.8. The van der Waals surface area contributed by atoms with Crippen molar-refractivity contribution in [1.29, 1.82) is 0 Å². The first kappa shape index (κ1) is 36.0. The number of carbonyl (C=O) groups excluding carboxylic acids is 3. The normalized spacial score (nSPS) is 17.3. The van der Waals surface area contributed by atoms with Crippen LogP contribution in [0.5, 0.6) is 0 Å². The average molecular weight is 661 g/mol. The van der Waals surface area contributed by atoms with Gasteiger partial charge in [-0.3, -0.25) is 18.7 Å². The second-order valence-electron chi connectivity index (χ2n) is 13.4. The topological polar surface area (TPSA) is 112 Å². The maximum absolute atomic E-state index is 14.1. The van der Waals surface area contributed by atoms with E-state index in [1.807, 2.05) is 72.5 Å². The van der Waals surface area contributed by atoms with Crippen molar-refractivity contribution in [3.8, 4) is 0 Å². The molecule has 47 heavy (non-hydrogen) atoms. The van der Waals surface area contributed by atoms with Gasteiger partial charge in [0, 0.05) is 44.1 Å². The lowest BCUT2D eigenvalue weighted by molar-refractivity contribution is -0.145. The number of Topliss-reactive ketones (excluding diaryl/α,β-unsaturated/α-hetero) is 2. The molecule has 0 aliphatic carbocycles. The summed E-state index contributed by atoms with van der Waals surface area (Å²) in [7, 11) is -2.30. The van der Waals surface area contributed by atoms with E-state index in [1.165, 1.54) is 25.2 Å². The zero-order valence-corrected chi connectivity index (χ0v) is 28.9. The number of benzene rings is 3. The van der Waals surface area contributed by atoms with Gasteiger partial charge in [0.05, 0.1) is 24.0 Å². The Labute approximate surface area is 279 Å². The van der Waals surface area contributed by atoms with E-state index < -0.39 is 28.0 Å². The van der Waals surface area contributed by atoms with Crippen LogP contribution in [0.2, 0.25) is 0 Å². The van der Waals surface area contributed by atoms with E-state index in [9.17, 15) is 27.9 Å². The van der Waals surface area contributed by atoms with Crippen molar-refractivity contribution in [2.45, 2.75) is 64.9 Å². The number of ketones is 2. The molecule has 0 unspecified atom stereocenters. The number of carbonyl (C=O) groups is 3. The number of likely N-dealkylation sites (tertiary alicyclic amines) is 1. The van der Waals surface area contributed by atoms with Crippen molar-refractivity contribution >= 4 is 33.2 Å². The molecule has 3 aromatic carbocycles. The number of aliphatic hydroxyl groups excluding tert-OH is 1. The van der Waals surface area contributed by atoms with Gasteiger partial charge in [-0.1, -0.05) is 81.4 Å². The molecule has 1 aliphatic rings. The lowest BCUT2D eigenvalue weighted by atomic mass is 9.79. The average Bonchev–Trinajstić information content (AvgIpc) is 3.04. The van der Waals surface area contributed by atoms with E-state index in [4.69, 9.17) is 0 Å². The molecule has 0 saturated carbocycles. The largest absolute Gasteiger partial charge is 0.392 e. The second kappa shape index (κ2) is 15.8. The monoisotopic (exact) mass is 660 g/mol. The molecular weight excluding hydrogens is 612 g/mol. The minimum Gasteiger partial charge on any atom is -0.392 e. The van der Waals surface area contributed by atoms with Gasteiger partial charge in [-0.15, -0.1) is 0 Å². The highest BCUT2D eigenvalue weighted by Gasteiger charge is 2.38. The van der Waals surface area contributed by atoms with Crippen molar-refractivity contribution in [3.05, 3.63) is 101 Å². The lowest BCUT2D eigenvalue weighted by Crippen LogP contribution is -2.49. The molecule has 0 radical (unpaired) electrons. The van der Waals surface area contributed by atoms with E-state index >= 15 is 0 Å². The molecule has 0 bridgehead atoms. The Bertz CT molecular complexity index is 1640. The fraction of sp³-hybridized carbons (Fsp3) is 0.447. The van der Waals surface area contributed by atoms with Gasteiger partial charge in [-0.25, -0.2) is 8.42 Å². The summed E-state index contributed by atoms with van der Waals surface area (Å²) in [6.07, 6.45) is 1.80. The first-order valence-corrected chi connectivity index (χ1v) is 18.3. The Morgan fingerprint density at radius 2 is 1.49 bits per heavy atom. The van der Waals surface area contributed by atoms with Crippen LogP contribution in [0.1, 0.15) is 84.2 Å². The van der Waals surface area contributed by atoms with Crippen molar-refractivity contribution in [2.24, 2.45) is 17.8 Å². The maximum atomic E-state index is 14.1. The minimum absolute atomic E-state index is 0.0793. The molecule has 252 valence electrons. The standard InChI is InChI=1S/C38H48N2O6S/c1-26(2)25-40-18-12-17-34(38(40)44)37(43)32(20-28-13-8-6-9-14-28)24-36(42)31-21-30(22-33(23-31)39(4)47(5,45)46)35(41)19-27(3)29-15-10-7-11-16-29/h6-11,13-16,21-23,26-27,32,34,37,43H,12,17-20,24-25H2,1-5H3/t27-,32+,34-,37-/m0/s1. The molecule has 4 rings (SSSR count). The van der Waals surface area contributed by atoms with Gasteiger partial charge in [-0.2, -0.15) is 0 Å². The Hall–Kier alpha value is -3.82. The summed E-state index contributed by atoms with van der Waals surface area (Å²) in [5, 5.41) is 11.8. The summed E-state index contributed by atoms with van der Waals surface area (Å²) in [5.41, 5.74) is 2.58. The molecule has 4 atom stereocenters. The number of aliphatic hydroxyl groups is 1. The van der Waals surface area contributed by atoms with Gasteiger partial charge < -0.3 is 10.0 Å². The first-order chi connectivity index (χ1) is 22.2. The first-order valence-electron chi connectivity index (χ1n) is 16.5. The Morgan fingerprint density at radius 3 is 2.06 bits per heavy atom. The van der Waals surface area contributed by atoms with Crippen LogP contribution in [-0.4, -0.2) is 68.4 Å². The molecule has 0 aromatic heterocycles. The van der Waals surface area contributed by atoms with Crippen LogP contribution >= 0.6 is 0 Å². The lowest BCUT2D eigenvalue weighted by Gasteiger charge is -2.37. The molecule has 1 heterocycles. The van der Waals surface area contributed by atoms with Crippen LogP contribution in [-0.2, 0) is 21.2 Å². The Morgan fingerprint density at radius 1 is 0.915 bits per heavy atom. The van der Waals surface area contributed by atoms with Crippen molar-refractivity contribution in [3.63, 3.8) is 0 Å². The molecular formula is C38H48N2O6S. The third-order valence-corrected chi connectivity index (χ3v) is 10.3. The van der Waals surface area contributed by atoms with Gasteiger partial charge in [0.1, 0.15) is 0 Å². The van der Waals surface area contributed by atoms with Crippen LogP contribution < -0.4 is 4.31 Å². The molecule has 9 heteroatoms. The number of sulfonamides is 1. The number of piperidine rings is 1. The number of hydrogen-bond acceptors (Lipinski definition) is 6. The van der Waals surface area contributed by atoms with Crippen LogP contribution in [0, 0.1) is 17.8 Å². The third-order valence-electron chi connectivity index (χ3n) is 9.12. The van der Waals surface area contributed by atoms with Crippen molar-refractivity contribution in [2.75, 3.05) is 30.7 Å². The Balaban J connectivity index is 1.66. The van der Waals surface area contributed by atoms with Crippen LogP contribution in [0.3, 0.4) is 0 Å². The van der Waals surface area contributed by atoms with Crippen LogP contribution in [0.25, 0.3) is 0 Å². The molecule has 1 aliphatic heterocycles. The number of amides is 1. The highest BCUT2D eigenvalue weighted by atomic mass is 32.2. The molecule has 8 nitrogen and oxygen atoms in total. The number of hydrogen-bond donors (Lipinski definition) is 1. The molecule has 1 saturated heterocycles. The van der Waals surface area contributed by atoms with Crippen LogP contribution in [0.4, 0.5) is 5.69 Å². The smallest absolute Gasteiger partial charge is 0.231 e. The number of nitrogens with zero attached hydrogens (tertiary/aromatic N) is 2. The molecule has 1 fully saturated rings. The van der Waals surface area contributed by atoms with E-state index in [0.717, 1.165) is 28.1 Å².